The van der Waals surface area contributed by atoms with E-state index >= 15 is 0 Å². The smallest absolute Gasteiger partial charge is 0.299 e. The molecular formula is C19H19N5O2S. The lowest BCUT2D eigenvalue weighted by molar-refractivity contribution is -0.116. The summed E-state index contributed by atoms with van der Waals surface area (Å²) in [7, 11) is 0. The molecule has 0 saturated carbocycles. The number of carbonyl (C=O) groups excluding carboxylic acids is 1. The molecule has 0 aliphatic rings. The van der Waals surface area contributed by atoms with Crippen molar-refractivity contribution in [3.05, 3.63) is 57.0 Å². The molecule has 138 valence electrons. The topological polar surface area (TPSA) is 81.3 Å². The second-order valence-electron chi connectivity index (χ2n) is 6.44. The number of nitrogens with zero attached hydrogens (tertiary/aromatic N) is 4. The molecule has 0 atom stereocenters. The third kappa shape index (κ3) is 3.12. The van der Waals surface area contributed by atoms with Crippen molar-refractivity contribution in [1.29, 1.82) is 0 Å². The van der Waals surface area contributed by atoms with E-state index in [2.05, 4.69) is 22.3 Å². The molecule has 0 fully saturated rings. The van der Waals surface area contributed by atoms with E-state index < -0.39 is 0 Å². The van der Waals surface area contributed by atoms with Gasteiger partial charge in [0.1, 0.15) is 17.1 Å². The summed E-state index contributed by atoms with van der Waals surface area (Å²) in [5.41, 5.74) is 3.47. The van der Waals surface area contributed by atoms with Crippen LogP contribution in [0.4, 0.5) is 5.69 Å². The molecule has 7 nitrogen and oxygen atoms in total. The Morgan fingerprint density at radius 3 is 2.67 bits per heavy atom. The maximum absolute atomic E-state index is 12.9. The summed E-state index contributed by atoms with van der Waals surface area (Å²) in [5, 5.41) is 7.87. The number of carbonyl (C=O) groups is 1. The summed E-state index contributed by atoms with van der Waals surface area (Å²) in [6, 6.07) is 9.58. The maximum atomic E-state index is 12.9. The second-order valence-corrected chi connectivity index (χ2v) is 7.60. The van der Waals surface area contributed by atoms with Crippen LogP contribution < -0.4 is 10.9 Å². The van der Waals surface area contributed by atoms with Gasteiger partial charge in [-0.15, -0.1) is 0 Å². The molecule has 27 heavy (non-hydrogen) atoms. The molecule has 0 spiro atoms. The summed E-state index contributed by atoms with van der Waals surface area (Å²) in [5.74, 6) is -0.196. The fraction of sp³-hybridized carbons (Fsp3) is 0.263. The van der Waals surface area contributed by atoms with E-state index in [0.29, 0.717) is 16.0 Å². The van der Waals surface area contributed by atoms with Crippen molar-refractivity contribution in [1.82, 2.24) is 19.2 Å². The number of hydrogen-bond donors (Lipinski definition) is 1. The first-order valence-electron chi connectivity index (χ1n) is 8.71. The summed E-state index contributed by atoms with van der Waals surface area (Å²) in [6.07, 6.45) is 0.949. The monoisotopic (exact) mass is 381 g/mol. The van der Waals surface area contributed by atoms with Gasteiger partial charge in [-0.05, 0) is 44.0 Å². The number of benzene rings is 1. The van der Waals surface area contributed by atoms with Gasteiger partial charge in [0.25, 0.3) is 5.56 Å². The zero-order valence-electron chi connectivity index (χ0n) is 15.3. The molecule has 3 aromatic heterocycles. The van der Waals surface area contributed by atoms with Gasteiger partial charge >= 0.3 is 0 Å². The molecule has 4 rings (SSSR count). The summed E-state index contributed by atoms with van der Waals surface area (Å²) in [6.45, 7) is 5.82. The van der Waals surface area contributed by atoms with Crippen molar-refractivity contribution in [2.45, 2.75) is 33.7 Å². The lowest BCUT2D eigenvalue weighted by Gasteiger charge is -2.09. The van der Waals surface area contributed by atoms with Gasteiger partial charge in [0.05, 0.1) is 5.52 Å². The van der Waals surface area contributed by atoms with Crippen molar-refractivity contribution in [3.63, 3.8) is 0 Å². The third-order valence-corrected chi connectivity index (χ3v) is 5.33. The zero-order valence-corrected chi connectivity index (χ0v) is 16.1. The molecule has 0 aliphatic carbocycles. The average Bonchev–Trinajstić information content (AvgIpc) is 3.15. The van der Waals surface area contributed by atoms with Crippen LogP contribution in [0.15, 0.2) is 35.1 Å². The molecule has 3 heterocycles. The lowest BCUT2D eigenvalue weighted by atomic mass is 10.1. The SMILES string of the molecule is CCc1ccc(NC(=O)Cn2c(C)cc3nc4sc(C)nn4c(=O)c32)cc1. The first-order chi connectivity index (χ1) is 13.0. The predicted molar refractivity (Wildman–Crippen MR) is 107 cm³/mol. The zero-order chi connectivity index (χ0) is 19.1. The van der Waals surface area contributed by atoms with E-state index in [1.165, 1.54) is 21.4 Å². The Hall–Kier alpha value is -3.00. The minimum atomic E-state index is -0.257. The Labute approximate surface area is 159 Å². The van der Waals surface area contributed by atoms with Crippen LogP contribution in [0.5, 0.6) is 0 Å². The quantitative estimate of drug-likeness (QED) is 0.589. The Kier molecular flexibility index (Phi) is 4.27. The van der Waals surface area contributed by atoms with E-state index in [9.17, 15) is 9.59 Å². The van der Waals surface area contributed by atoms with Gasteiger partial charge in [0, 0.05) is 11.4 Å². The van der Waals surface area contributed by atoms with Gasteiger partial charge < -0.3 is 9.88 Å². The van der Waals surface area contributed by atoms with Gasteiger partial charge in [-0.25, -0.2) is 4.98 Å². The van der Waals surface area contributed by atoms with Gasteiger partial charge in [-0.3, -0.25) is 9.59 Å². The molecule has 8 heteroatoms. The number of aryl methyl sites for hydroxylation is 3. The highest BCUT2D eigenvalue weighted by Crippen LogP contribution is 2.18. The highest BCUT2D eigenvalue weighted by molar-refractivity contribution is 7.16. The van der Waals surface area contributed by atoms with Crippen LogP contribution in [-0.2, 0) is 17.8 Å². The van der Waals surface area contributed by atoms with E-state index in [4.69, 9.17) is 0 Å². The van der Waals surface area contributed by atoms with E-state index in [-0.39, 0.29) is 18.0 Å². The first kappa shape index (κ1) is 17.4. The van der Waals surface area contributed by atoms with E-state index in [1.807, 2.05) is 44.2 Å². The van der Waals surface area contributed by atoms with Gasteiger partial charge in [0.15, 0.2) is 0 Å². The predicted octanol–water partition coefficient (Wildman–Crippen LogP) is 2.92. The minimum absolute atomic E-state index is 0.0387. The Balaban J connectivity index is 1.68. The average molecular weight is 381 g/mol. The summed E-state index contributed by atoms with van der Waals surface area (Å²) >= 11 is 1.37. The van der Waals surface area contributed by atoms with Crippen LogP contribution >= 0.6 is 11.3 Å². The first-order valence-corrected chi connectivity index (χ1v) is 9.53. The fourth-order valence-corrected chi connectivity index (χ4v) is 3.87. The number of fused-ring (bicyclic) bond motifs is 2. The normalized spacial score (nSPS) is 11.4. The highest BCUT2D eigenvalue weighted by atomic mass is 32.1. The largest absolute Gasteiger partial charge is 0.330 e. The van der Waals surface area contributed by atoms with Crippen LogP contribution in [0.1, 0.15) is 23.2 Å². The molecule has 0 aliphatic heterocycles. The van der Waals surface area contributed by atoms with Crippen LogP contribution in [0.2, 0.25) is 0 Å². The van der Waals surface area contributed by atoms with Crippen LogP contribution in [0.25, 0.3) is 16.0 Å². The van der Waals surface area contributed by atoms with Gasteiger partial charge in [0.2, 0.25) is 10.9 Å². The number of nitrogens with one attached hydrogen (secondary N) is 1. The molecule has 0 saturated heterocycles. The Morgan fingerprint density at radius 2 is 1.96 bits per heavy atom. The lowest BCUT2D eigenvalue weighted by Crippen LogP contribution is -2.23. The minimum Gasteiger partial charge on any atom is -0.330 e. The van der Waals surface area contributed by atoms with Gasteiger partial charge in [-0.1, -0.05) is 30.4 Å². The fourth-order valence-electron chi connectivity index (χ4n) is 3.13. The molecule has 1 amide bonds. The molecule has 0 bridgehead atoms. The molecule has 0 unspecified atom stereocenters. The Morgan fingerprint density at radius 1 is 1.22 bits per heavy atom. The maximum Gasteiger partial charge on any atom is 0.299 e. The van der Waals surface area contributed by atoms with E-state index in [0.717, 1.165) is 22.8 Å². The number of hydrogen-bond acceptors (Lipinski definition) is 5. The van der Waals surface area contributed by atoms with Crippen molar-refractivity contribution in [3.8, 4) is 0 Å². The third-order valence-electron chi connectivity index (χ3n) is 4.50. The Bertz CT molecular complexity index is 1220. The standard InChI is InChI=1S/C19H19N5O2S/c1-4-13-5-7-14(8-6-13)20-16(25)10-23-11(2)9-15-17(23)18(26)24-19(21-15)27-12(3)22-24/h5-9H,4,10H2,1-3H3,(H,20,25). The molecule has 1 N–H and O–H groups in total. The number of rotatable bonds is 4. The number of amides is 1. The molecule has 4 aromatic rings. The van der Waals surface area contributed by atoms with Crippen molar-refractivity contribution in [2.24, 2.45) is 0 Å². The summed E-state index contributed by atoms with van der Waals surface area (Å²) in [4.78, 5) is 30.5. The summed E-state index contributed by atoms with van der Waals surface area (Å²) < 4.78 is 3.00. The highest BCUT2D eigenvalue weighted by Gasteiger charge is 2.17. The van der Waals surface area contributed by atoms with Crippen LogP contribution in [0.3, 0.4) is 0 Å². The number of aromatic nitrogens is 4. The van der Waals surface area contributed by atoms with E-state index in [1.54, 1.807) is 4.57 Å². The van der Waals surface area contributed by atoms with Crippen molar-refractivity contribution < 1.29 is 4.79 Å². The number of anilines is 1. The van der Waals surface area contributed by atoms with Gasteiger partial charge in [-0.2, -0.15) is 9.61 Å². The van der Waals surface area contributed by atoms with Crippen LogP contribution in [0, 0.1) is 13.8 Å². The second kappa shape index (κ2) is 6.62. The molecule has 1 aromatic carbocycles. The van der Waals surface area contributed by atoms with Crippen molar-refractivity contribution in [2.75, 3.05) is 5.32 Å². The molecular weight excluding hydrogens is 362 g/mol. The van der Waals surface area contributed by atoms with Crippen LogP contribution in [-0.4, -0.2) is 25.1 Å². The molecule has 0 radical (unpaired) electrons. The van der Waals surface area contributed by atoms with Crippen molar-refractivity contribution >= 4 is 38.9 Å².